The lowest BCUT2D eigenvalue weighted by Crippen LogP contribution is -2.49. The number of rotatable bonds is 0. The Hall–Kier alpha value is -1.39. The van der Waals surface area contributed by atoms with Gasteiger partial charge in [-0.15, -0.1) is 0 Å². The molecule has 1 unspecified atom stereocenters. The number of fused-ring (bicyclic) bond motifs is 4. The zero-order chi connectivity index (χ0) is 11.2. The van der Waals surface area contributed by atoms with Gasteiger partial charge in [0.05, 0.1) is 11.7 Å². The van der Waals surface area contributed by atoms with Gasteiger partial charge in [-0.1, -0.05) is 0 Å². The van der Waals surface area contributed by atoms with Crippen LogP contribution in [0.3, 0.4) is 0 Å². The third-order valence-corrected chi connectivity index (χ3v) is 3.99. The third kappa shape index (κ3) is 1.41. The van der Waals surface area contributed by atoms with Crippen LogP contribution in [0.15, 0.2) is 18.3 Å². The normalized spacial score (nSPS) is 24.6. The zero-order valence-electron chi connectivity index (χ0n) is 9.74. The largest absolute Gasteiger partial charge is 0.346 e. The van der Waals surface area contributed by atoms with Crippen LogP contribution >= 0.6 is 0 Å². The van der Waals surface area contributed by atoms with E-state index in [1.54, 1.807) is 0 Å². The molecule has 4 nitrogen and oxygen atoms in total. The average molecular weight is 228 g/mol. The molecular weight excluding hydrogens is 212 g/mol. The maximum absolute atomic E-state index is 4.82. The predicted octanol–water partition coefficient (Wildman–Crippen LogP) is 1.07. The first kappa shape index (κ1) is 9.62. The van der Waals surface area contributed by atoms with Gasteiger partial charge in [0.25, 0.3) is 0 Å². The Morgan fingerprint density at radius 3 is 3.35 bits per heavy atom. The maximum atomic E-state index is 4.82. The van der Waals surface area contributed by atoms with E-state index in [0.29, 0.717) is 6.04 Å². The van der Waals surface area contributed by atoms with Crippen LogP contribution in [0.2, 0.25) is 0 Å². The van der Waals surface area contributed by atoms with Crippen molar-refractivity contribution >= 4 is 11.0 Å². The second kappa shape index (κ2) is 3.55. The highest BCUT2D eigenvalue weighted by atomic mass is 15.2. The van der Waals surface area contributed by atoms with Crippen LogP contribution in [0.25, 0.3) is 11.0 Å². The molecule has 1 atom stereocenters. The molecule has 4 heteroatoms. The molecule has 17 heavy (non-hydrogen) atoms. The van der Waals surface area contributed by atoms with Gasteiger partial charge in [-0.3, -0.25) is 4.90 Å². The van der Waals surface area contributed by atoms with Crippen LogP contribution in [0.5, 0.6) is 0 Å². The summed E-state index contributed by atoms with van der Waals surface area (Å²) in [6, 6.07) is 4.88. The highest BCUT2D eigenvalue weighted by Gasteiger charge is 2.30. The fourth-order valence-electron chi connectivity index (χ4n) is 3.08. The topological polar surface area (TPSA) is 44.0 Å². The molecule has 2 aliphatic heterocycles. The molecule has 1 saturated heterocycles. The Labute approximate surface area is 100 Å². The molecule has 2 N–H and O–H groups in total. The van der Waals surface area contributed by atoms with Crippen molar-refractivity contribution in [3.8, 4) is 0 Å². The molecule has 2 aliphatic rings. The quantitative estimate of drug-likeness (QED) is 0.709. The maximum Gasteiger partial charge on any atom is 0.137 e. The van der Waals surface area contributed by atoms with Gasteiger partial charge < -0.3 is 10.3 Å². The number of nitrogens with one attached hydrogen (secondary N) is 2. The molecule has 1 fully saturated rings. The standard InChI is InChI=1S/C13H16N4/c1-3-15-13-10(1)7-9-2-5-17-6-4-14-8-11(17)12(9)16-13/h1,3,7,11,14H,2,4-6,8H2,(H,15,16). The van der Waals surface area contributed by atoms with E-state index in [1.807, 2.05) is 6.20 Å². The van der Waals surface area contributed by atoms with Crippen molar-refractivity contribution in [2.24, 2.45) is 0 Å². The van der Waals surface area contributed by atoms with Crippen molar-refractivity contribution < 1.29 is 0 Å². The van der Waals surface area contributed by atoms with Gasteiger partial charge in [-0.25, -0.2) is 4.98 Å². The molecule has 2 aromatic rings. The van der Waals surface area contributed by atoms with Crippen molar-refractivity contribution in [2.45, 2.75) is 12.5 Å². The van der Waals surface area contributed by atoms with Gasteiger partial charge in [0.1, 0.15) is 5.65 Å². The van der Waals surface area contributed by atoms with Gasteiger partial charge >= 0.3 is 0 Å². The van der Waals surface area contributed by atoms with Crippen molar-refractivity contribution in [3.63, 3.8) is 0 Å². The summed E-state index contributed by atoms with van der Waals surface area (Å²) in [5.74, 6) is 0. The number of piperazine rings is 1. The van der Waals surface area contributed by atoms with Crippen LogP contribution in [0.4, 0.5) is 0 Å². The van der Waals surface area contributed by atoms with E-state index >= 15 is 0 Å². The minimum atomic E-state index is 0.472. The molecule has 0 spiro atoms. The number of pyridine rings is 1. The molecule has 0 radical (unpaired) electrons. The lowest BCUT2D eigenvalue weighted by molar-refractivity contribution is 0.148. The fourth-order valence-corrected chi connectivity index (χ4v) is 3.08. The summed E-state index contributed by atoms with van der Waals surface area (Å²) in [6.07, 6.45) is 3.11. The molecular formula is C13H16N4. The van der Waals surface area contributed by atoms with Gasteiger partial charge in [-0.2, -0.15) is 0 Å². The first-order valence-electron chi connectivity index (χ1n) is 6.33. The SMILES string of the molecule is c1cc2cc3c(nc2[nH]1)C1CNCCN1CC3. The Morgan fingerprint density at radius 2 is 2.35 bits per heavy atom. The average Bonchev–Trinajstić information content (AvgIpc) is 2.83. The first-order chi connectivity index (χ1) is 8.42. The monoisotopic (exact) mass is 228 g/mol. The van der Waals surface area contributed by atoms with E-state index in [9.17, 15) is 0 Å². The summed E-state index contributed by atoms with van der Waals surface area (Å²) in [6.45, 7) is 4.47. The summed E-state index contributed by atoms with van der Waals surface area (Å²) < 4.78 is 0. The Balaban J connectivity index is 1.87. The third-order valence-electron chi connectivity index (χ3n) is 3.99. The minimum Gasteiger partial charge on any atom is -0.346 e. The predicted molar refractivity (Wildman–Crippen MR) is 67.0 cm³/mol. The van der Waals surface area contributed by atoms with E-state index in [-0.39, 0.29) is 0 Å². The molecule has 88 valence electrons. The molecule has 4 heterocycles. The van der Waals surface area contributed by atoms with Gasteiger partial charge in [0, 0.05) is 37.8 Å². The number of aromatic nitrogens is 2. The molecule has 2 aromatic heterocycles. The number of H-pyrrole nitrogens is 1. The van der Waals surface area contributed by atoms with Crippen molar-refractivity contribution in [2.75, 3.05) is 26.2 Å². The molecule has 4 rings (SSSR count). The Kier molecular flexibility index (Phi) is 2.01. The summed E-state index contributed by atoms with van der Waals surface area (Å²) in [5, 5.41) is 4.71. The van der Waals surface area contributed by atoms with Crippen molar-refractivity contribution in [1.82, 2.24) is 20.2 Å². The summed E-state index contributed by atoms with van der Waals surface area (Å²) >= 11 is 0. The lowest BCUT2D eigenvalue weighted by Gasteiger charge is -2.39. The summed E-state index contributed by atoms with van der Waals surface area (Å²) in [7, 11) is 0. The van der Waals surface area contributed by atoms with E-state index in [0.717, 1.165) is 31.7 Å². The van der Waals surface area contributed by atoms with Gasteiger partial charge in [-0.05, 0) is 24.1 Å². The van der Waals surface area contributed by atoms with Crippen molar-refractivity contribution in [1.29, 1.82) is 0 Å². The van der Waals surface area contributed by atoms with Crippen LogP contribution < -0.4 is 5.32 Å². The molecule has 0 bridgehead atoms. The van der Waals surface area contributed by atoms with E-state index in [2.05, 4.69) is 27.3 Å². The van der Waals surface area contributed by atoms with Crippen LogP contribution in [0, 0.1) is 0 Å². The van der Waals surface area contributed by atoms with Gasteiger partial charge in [0.15, 0.2) is 0 Å². The fraction of sp³-hybridized carbons (Fsp3) is 0.462. The first-order valence-corrected chi connectivity index (χ1v) is 6.33. The van der Waals surface area contributed by atoms with Crippen LogP contribution in [0.1, 0.15) is 17.3 Å². The summed E-state index contributed by atoms with van der Waals surface area (Å²) in [5.41, 5.74) is 3.73. The van der Waals surface area contributed by atoms with Gasteiger partial charge in [0.2, 0.25) is 0 Å². The Bertz CT molecular complexity index is 560. The van der Waals surface area contributed by atoms with E-state index < -0.39 is 0 Å². The highest BCUT2D eigenvalue weighted by molar-refractivity contribution is 5.76. The zero-order valence-corrected chi connectivity index (χ0v) is 9.74. The van der Waals surface area contributed by atoms with Crippen LogP contribution in [-0.4, -0.2) is 41.0 Å². The molecule has 0 saturated carbocycles. The number of hydrogen-bond acceptors (Lipinski definition) is 3. The smallest absolute Gasteiger partial charge is 0.137 e. The molecule has 0 amide bonds. The second-order valence-electron chi connectivity index (χ2n) is 4.95. The Morgan fingerprint density at radius 1 is 1.35 bits per heavy atom. The highest BCUT2D eigenvalue weighted by Crippen LogP contribution is 2.30. The van der Waals surface area contributed by atoms with E-state index in [1.165, 1.54) is 23.2 Å². The number of hydrogen-bond donors (Lipinski definition) is 2. The number of aromatic amines is 1. The summed E-state index contributed by atoms with van der Waals surface area (Å²) in [4.78, 5) is 10.6. The van der Waals surface area contributed by atoms with Crippen LogP contribution in [-0.2, 0) is 6.42 Å². The minimum absolute atomic E-state index is 0.472. The molecule has 0 aliphatic carbocycles. The number of nitrogens with zero attached hydrogens (tertiary/aromatic N) is 2. The molecule has 0 aromatic carbocycles. The van der Waals surface area contributed by atoms with E-state index in [4.69, 9.17) is 4.98 Å². The lowest BCUT2D eigenvalue weighted by atomic mass is 9.95. The van der Waals surface area contributed by atoms with Crippen molar-refractivity contribution in [3.05, 3.63) is 29.6 Å². The second-order valence-corrected chi connectivity index (χ2v) is 4.95.